The first-order chi connectivity index (χ1) is 8.53. The molecular formula is C16H24ClN. The average molecular weight is 266 g/mol. The quantitative estimate of drug-likeness (QED) is 0.819. The van der Waals surface area contributed by atoms with Gasteiger partial charge in [0.15, 0.2) is 0 Å². The maximum Gasteiger partial charge on any atom is 0.0406 e. The third-order valence-corrected chi connectivity index (χ3v) is 4.55. The van der Waals surface area contributed by atoms with Crippen molar-refractivity contribution in [3.63, 3.8) is 0 Å². The van der Waals surface area contributed by atoms with E-state index in [0.29, 0.717) is 11.3 Å². The Labute approximate surface area is 116 Å². The molecule has 2 N–H and O–H groups in total. The van der Waals surface area contributed by atoms with Crippen molar-refractivity contribution in [2.45, 2.75) is 52.0 Å². The van der Waals surface area contributed by atoms with Gasteiger partial charge in [-0.05, 0) is 48.3 Å². The molecule has 1 aromatic carbocycles. The summed E-state index contributed by atoms with van der Waals surface area (Å²) in [5, 5.41) is 0.787. The number of halogens is 1. The Morgan fingerprint density at radius 3 is 2.22 bits per heavy atom. The standard InChI is InChI=1S/C16H24ClN/c1-12(2)11-16(9-3-4-10-16)15(18)13-5-7-14(17)8-6-13/h5-8,12,15H,3-4,9-11,18H2,1-2H3. The first kappa shape index (κ1) is 13.9. The molecule has 0 amide bonds. The molecule has 100 valence electrons. The predicted octanol–water partition coefficient (Wildman–Crippen LogP) is 4.95. The Hall–Kier alpha value is -0.530. The van der Waals surface area contributed by atoms with Crippen molar-refractivity contribution in [2.24, 2.45) is 17.1 Å². The SMILES string of the molecule is CC(C)CC1(C(N)c2ccc(Cl)cc2)CCCC1. The van der Waals surface area contributed by atoms with Crippen LogP contribution < -0.4 is 5.73 Å². The minimum Gasteiger partial charge on any atom is -0.323 e. The molecule has 0 heterocycles. The average Bonchev–Trinajstić information content (AvgIpc) is 2.78. The van der Waals surface area contributed by atoms with Crippen molar-refractivity contribution >= 4 is 11.6 Å². The third-order valence-electron chi connectivity index (χ3n) is 4.30. The number of hydrogen-bond donors (Lipinski definition) is 1. The first-order valence-corrected chi connectivity index (χ1v) is 7.42. The summed E-state index contributed by atoms with van der Waals surface area (Å²) >= 11 is 5.95. The summed E-state index contributed by atoms with van der Waals surface area (Å²) in [5.74, 6) is 0.710. The van der Waals surface area contributed by atoms with Gasteiger partial charge in [-0.2, -0.15) is 0 Å². The van der Waals surface area contributed by atoms with E-state index in [1.807, 2.05) is 12.1 Å². The lowest BCUT2D eigenvalue weighted by atomic mass is 9.71. The molecule has 0 spiro atoms. The Bertz CT molecular complexity index is 377. The van der Waals surface area contributed by atoms with Crippen molar-refractivity contribution in [1.82, 2.24) is 0 Å². The number of rotatable bonds is 4. The molecule has 2 heteroatoms. The zero-order valence-corrected chi connectivity index (χ0v) is 12.2. The molecule has 1 nitrogen and oxygen atoms in total. The molecule has 0 aliphatic heterocycles. The maximum atomic E-state index is 6.59. The molecule has 1 atom stereocenters. The monoisotopic (exact) mass is 265 g/mol. The van der Waals surface area contributed by atoms with E-state index in [9.17, 15) is 0 Å². The van der Waals surface area contributed by atoms with Gasteiger partial charge >= 0.3 is 0 Å². The fraction of sp³-hybridized carbons (Fsp3) is 0.625. The van der Waals surface area contributed by atoms with Gasteiger partial charge in [-0.3, -0.25) is 0 Å². The summed E-state index contributed by atoms with van der Waals surface area (Å²) in [6, 6.07) is 8.24. The summed E-state index contributed by atoms with van der Waals surface area (Å²) in [6.07, 6.45) is 6.43. The highest BCUT2D eigenvalue weighted by molar-refractivity contribution is 6.30. The lowest BCUT2D eigenvalue weighted by Gasteiger charge is -2.37. The molecule has 0 bridgehead atoms. The molecule has 0 aromatic heterocycles. The van der Waals surface area contributed by atoms with E-state index < -0.39 is 0 Å². The van der Waals surface area contributed by atoms with E-state index in [1.165, 1.54) is 37.7 Å². The molecule has 18 heavy (non-hydrogen) atoms. The zero-order chi connectivity index (χ0) is 13.2. The van der Waals surface area contributed by atoms with Crippen molar-refractivity contribution in [3.8, 4) is 0 Å². The van der Waals surface area contributed by atoms with Crippen LogP contribution in [-0.4, -0.2) is 0 Å². The van der Waals surface area contributed by atoms with Gasteiger partial charge in [0.25, 0.3) is 0 Å². The van der Waals surface area contributed by atoms with Crippen molar-refractivity contribution < 1.29 is 0 Å². The molecular weight excluding hydrogens is 242 g/mol. The van der Waals surface area contributed by atoms with Crippen LogP contribution in [0, 0.1) is 11.3 Å². The normalized spacial score (nSPS) is 20.3. The van der Waals surface area contributed by atoms with Crippen LogP contribution in [0.15, 0.2) is 24.3 Å². The highest BCUT2D eigenvalue weighted by Gasteiger charge is 2.40. The summed E-state index contributed by atoms with van der Waals surface area (Å²) in [7, 11) is 0. The van der Waals surface area contributed by atoms with E-state index in [1.54, 1.807) is 0 Å². The molecule has 1 fully saturated rings. The second-order valence-corrected chi connectivity index (χ2v) is 6.63. The lowest BCUT2D eigenvalue weighted by molar-refractivity contribution is 0.183. The van der Waals surface area contributed by atoms with E-state index in [-0.39, 0.29) is 6.04 Å². The molecule has 1 aliphatic rings. The predicted molar refractivity (Wildman–Crippen MR) is 78.7 cm³/mol. The van der Waals surface area contributed by atoms with Gasteiger partial charge < -0.3 is 5.73 Å². The van der Waals surface area contributed by atoms with Crippen LogP contribution in [0.1, 0.15) is 57.6 Å². The van der Waals surface area contributed by atoms with Crippen LogP contribution >= 0.6 is 11.6 Å². The van der Waals surface area contributed by atoms with Gasteiger partial charge in [0, 0.05) is 11.1 Å². The number of benzene rings is 1. The Kier molecular flexibility index (Phi) is 4.34. The van der Waals surface area contributed by atoms with Crippen LogP contribution in [0.3, 0.4) is 0 Å². The summed E-state index contributed by atoms with van der Waals surface area (Å²) in [4.78, 5) is 0. The van der Waals surface area contributed by atoms with Crippen molar-refractivity contribution in [1.29, 1.82) is 0 Å². The molecule has 0 radical (unpaired) electrons. The molecule has 2 rings (SSSR count). The van der Waals surface area contributed by atoms with E-state index in [4.69, 9.17) is 17.3 Å². The van der Waals surface area contributed by atoms with Crippen molar-refractivity contribution in [3.05, 3.63) is 34.9 Å². The number of hydrogen-bond acceptors (Lipinski definition) is 1. The molecule has 0 saturated heterocycles. The van der Waals surface area contributed by atoms with Crippen LogP contribution in [0.2, 0.25) is 5.02 Å². The fourth-order valence-electron chi connectivity index (χ4n) is 3.56. The minimum absolute atomic E-state index is 0.152. The van der Waals surface area contributed by atoms with Crippen LogP contribution in [-0.2, 0) is 0 Å². The van der Waals surface area contributed by atoms with Gasteiger partial charge in [0.05, 0.1) is 0 Å². The zero-order valence-electron chi connectivity index (χ0n) is 11.5. The Morgan fingerprint density at radius 2 is 1.72 bits per heavy atom. The molecule has 1 unspecified atom stereocenters. The van der Waals surface area contributed by atoms with Crippen molar-refractivity contribution in [2.75, 3.05) is 0 Å². The van der Waals surface area contributed by atoms with Gasteiger partial charge in [-0.25, -0.2) is 0 Å². The maximum absolute atomic E-state index is 6.59. The fourth-order valence-corrected chi connectivity index (χ4v) is 3.68. The smallest absolute Gasteiger partial charge is 0.0406 e. The molecule has 1 saturated carbocycles. The Morgan fingerprint density at radius 1 is 1.17 bits per heavy atom. The third kappa shape index (κ3) is 2.89. The molecule has 1 aliphatic carbocycles. The highest BCUT2D eigenvalue weighted by atomic mass is 35.5. The minimum atomic E-state index is 0.152. The molecule has 1 aromatic rings. The van der Waals surface area contributed by atoms with Crippen LogP contribution in [0.25, 0.3) is 0 Å². The topological polar surface area (TPSA) is 26.0 Å². The highest BCUT2D eigenvalue weighted by Crippen LogP contribution is 2.50. The second kappa shape index (κ2) is 5.63. The summed E-state index contributed by atoms with van der Waals surface area (Å²) in [6.45, 7) is 4.60. The van der Waals surface area contributed by atoms with E-state index in [2.05, 4.69) is 26.0 Å². The van der Waals surface area contributed by atoms with Gasteiger partial charge in [-0.1, -0.05) is 50.4 Å². The summed E-state index contributed by atoms with van der Waals surface area (Å²) < 4.78 is 0. The number of nitrogens with two attached hydrogens (primary N) is 1. The van der Waals surface area contributed by atoms with Crippen LogP contribution in [0.4, 0.5) is 0 Å². The summed E-state index contributed by atoms with van der Waals surface area (Å²) in [5.41, 5.74) is 8.14. The largest absolute Gasteiger partial charge is 0.323 e. The Balaban J connectivity index is 2.22. The van der Waals surface area contributed by atoms with Crippen LogP contribution in [0.5, 0.6) is 0 Å². The van der Waals surface area contributed by atoms with E-state index in [0.717, 1.165) is 5.02 Å². The first-order valence-electron chi connectivity index (χ1n) is 7.04. The van der Waals surface area contributed by atoms with E-state index >= 15 is 0 Å². The van der Waals surface area contributed by atoms with Gasteiger partial charge in [-0.15, -0.1) is 0 Å². The van der Waals surface area contributed by atoms with Gasteiger partial charge in [0.2, 0.25) is 0 Å². The van der Waals surface area contributed by atoms with Gasteiger partial charge in [0.1, 0.15) is 0 Å². The lowest BCUT2D eigenvalue weighted by Crippen LogP contribution is -2.33. The second-order valence-electron chi connectivity index (χ2n) is 6.20.